The van der Waals surface area contributed by atoms with Crippen molar-refractivity contribution in [1.29, 1.82) is 0 Å². The Labute approximate surface area is 214 Å². The average Bonchev–Trinajstić information content (AvgIpc) is 2.90. The van der Waals surface area contributed by atoms with Crippen molar-refractivity contribution in [1.82, 2.24) is 9.97 Å². The Morgan fingerprint density at radius 2 is 1.67 bits per heavy atom. The van der Waals surface area contributed by atoms with E-state index in [1.165, 1.54) is 16.7 Å². The van der Waals surface area contributed by atoms with Crippen molar-refractivity contribution in [2.45, 2.75) is 46.0 Å². The first-order chi connectivity index (χ1) is 17.6. The third-order valence-electron chi connectivity index (χ3n) is 6.06. The molecule has 0 aliphatic carbocycles. The lowest BCUT2D eigenvalue weighted by Crippen LogP contribution is -2.14. The molecule has 0 aliphatic heterocycles. The zero-order valence-corrected chi connectivity index (χ0v) is 21.1. The van der Waals surface area contributed by atoms with Crippen molar-refractivity contribution in [3.05, 3.63) is 113 Å². The number of benzene rings is 3. The van der Waals surface area contributed by atoms with Crippen LogP contribution in [-0.2, 0) is 17.6 Å². The van der Waals surface area contributed by atoms with E-state index in [9.17, 15) is 4.79 Å². The predicted molar refractivity (Wildman–Crippen MR) is 150 cm³/mol. The maximum absolute atomic E-state index is 12.8. The second-order valence-corrected chi connectivity index (χ2v) is 9.03. The van der Waals surface area contributed by atoms with Crippen LogP contribution in [0.25, 0.3) is 23.4 Å². The standard InChI is InChI=1S/C32H33N3O/c1-3-11-27-22-24(2)18-20-28(27)30-23-33-32(29(34-30)21-19-26-14-8-5-9-15-26)35-31(36)17-10-16-25-12-6-4-7-13-25/h4-9,12-15,18-23H,3,10-11,16-17H2,1-2H3,(H,33,35,36)/b21-19+. The van der Waals surface area contributed by atoms with Gasteiger partial charge in [0, 0.05) is 12.0 Å². The predicted octanol–water partition coefficient (Wildman–Crippen LogP) is 7.54. The molecule has 0 aliphatic rings. The lowest BCUT2D eigenvalue weighted by Gasteiger charge is -2.12. The molecule has 182 valence electrons. The van der Waals surface area contributed by atoms with Gasteiger partial charge in [0.05, 0.1) is 11.9 Å². The second kappa shape index (κ2) is 12.6. The first-order valence-electron chi connectivity index (χ1n) is 12.7. The highest BCUT2D eigenvalue weighted by molar-refractivity contribution is 5.92. The van der Waals surface area contributed by atoms with E-state index in [1.807, 2.05) is 60.7 Å². The molecule has 0 spiro atoms. The molecule has 0 radical (unpaired) electrons. The Morgan fingerprint density at radius 1 is 0.917 bits per heavy atom. The zero-order chi connectivity index (χ0) is 25.2. The molecule has 4 aromatic rings. The van der Waals surface area contributed by atoms with E-state index in [0.29, 0.717) is 17.9 Å². The van der Waals surface area contributed by atoms with E-state index in [1.54, 1.807) is 6.20 Å². The van der Waals surface area contributed by atoms with Crippen LogP contribution in [0, 0.1) is 6.92 Å². The number of aryl methyl sites for hydroxylation is 3. The van der Waals surface area contributed by atoms with E-state index < -0.39 is 0 Å². The number of hydrogen-bond acceptors (Lipinski definition) is 3. The van der Waals surface area contributed by atoms with Gasteiger partial charge < -0.3 is 5.32 Å². The van der Waals surface area contributed by atoms with Gasteiger partial charge in [0.2, 0.25) is 5.91 Å². The second-order valence-electron chi connectivity index (χ2n) is 9.03. The first kappa shape index (κ1) is 25.1. The fourth-order valence-corrected chi connectivity index (χ4v) is 4.23. The Hall–Kier alpha value is -4.05. The summed E-state index contributed by atoms with van der Waals surface area (Å²) in [6.45, 7) is 4.29. The van der Waals surface area contributed by atoms with Crippen LogP contribution in [0.3, 0.4) is 0 Å². The van der Waals surface area contributed by atoms with E-state index in [4.69, 9.17) is 4.98 Å². The summed E-state index contributed by atoms with van der Waals surface area (Å²) >= 11 is 0. The van der Waals surface area contributed by atoms with E-state index >= 15 is 0 Å². The minimum atomic E-state index is -0.0515. The molecule has 4 rings (SSSR count). The Morgan fingerprint density at radius 3 is 2.42 bits per heavy atom. The number of anilines is 1. The summed E-state index contributed by atoms with van der Waals surface area (Å²) in [4.78, 5) is 22.4. The van der Waals surface area contributed by atoms with Gasteiger partial charge in [0.1, 0.15) is 5.69 Å². The molecular weight excluding hydrogens is 442 g/mol. The van der Waals surface area contributed by atoms with E-state index in [0.717, 1.165) is 42.5 Å². The monoisotopic (exact) mass is 475 g/mol. The smallest absolute Gasteiger partial charge is 0.225 e. The van der Waals surface area contributed by atoms with Gasteiger partial charge in [0.25, 0.3) is 0 Å². The summed E-state index contributed by atoms with van der Waals surface area (Å²) in [7, 11) is 0. The third kappa shape index (κ3) is 6.98. The van der Waals surface area contributed by atoms with Gasteiger partial charge in [-0.2, -0.15) is 0 Å². The Balaban J connectivity index is 1.57. The number of carbonyl (C=O) groups is 1. The molecule has 0 saturated heterocycles. The number of amides is 1. The number of hydrogen-bond donors (Lipinski definition) is 1. The Bertz CT molecular complexity index is 1310. The normalized spacial score (nSPS) is 11.1. The van der Waals surface area contributed by atoms with Crippen LogP contribution in [0.4, 0.5) is 5.82 Å². The SMILES string of the molecule is CCCc1cc(C)ccc1-c1cnc(NC(=O)CCCc2ccccc2)c(/C=C/c2ccccc2)n1. The first-order valence-corrected chi connectivity index (χ1v) is 12.7. The average molecular weight is 476 g/mol. The fourth-order valence-electron chi connectivity index (χ4n) is 4.23. The molecule has 36 heavy (non-hydrogen) atoms. The Kier molecular flexibility index (Phi) is 8.77. The number of nitrogens with zero attached hydrogens (tertiary/aromatic N) is 2. The van der Waals surface area contributed by atoms with Crippen molar-refractivity contribution < 1.29 is 4.79 Å². The molecule has 4 nitrogen and oxygen atoms in total. The maximum Gasteiger partial charge on any atom is 0.225 e. The van der Waals surface area contributed by atoms with Crippen LogP contribution < -0.4 is 5.32 Å². The summed E-state index contributed by atoms with van der Waals surface area (Å²) in [5, 5.41) is 3.00. The van der Waals surface area contributed by atoms with Gasteiger partial charge in [-0.1, -0.05) is 104 Å². The third-order valence-corrected chi connectivity index (χ3v) is 6.06. The van der Waals surface area contributed by atoms with Crippen LogP contribution in [0.1, 0.15) is 54.1 Å². The lowest BCUT2D eigenvalue weighted by molar-refractivity contribution is -0.116. The molecule has 0 saturated carbocycles. The topological polar surface area (TPSA) is 54.9 Å². The molecule has 4 heteroatoms. The van der Waals surface area contributed by atoms with Gasteiger partial charge in [0.15, 0.2) is 5.82 Å². The minimum absolute atomic E-state index is 0.0515. The van der Waals surface area contributed by atoms with Crippen molar-refractivity contribution in [3.8, 4) is 11.3 Å². The molecule has 1 heterocycles. The van der Waals surface area contributed by atoms with Crippen molar-refractivity contribution in [2.24, 2.45) is 0 Å². The van der Waals surface area contributed by atoms with Gasteiger partial charge in [-0.05, 0) is 49.0 Å². The highest BCUT2D eigenvalue weighted by atomic mass is 16.1. The largest absolute Gasteiger partial charge is 0.309 e. The van der Waals surface area contributed by atoms with Crippen LogP contribution in [0.2, 0.25) is 0 Å². The molecule has 0 bridgehead atoms. The molecule has 0 unspecified atom stereocenters. The van der Waals surface area contributed by atoms with Crippen LogP contribution in [0.5, 0.6) is 0 Å². The summed E-state index contributed by atoms with van der Waals surface area (Å²) in [5.74, 6) is 0.434. The summed E-state index contributed by atoms with van der Waals surface area (Å²) in [6, 6.07) is 26.8. The number of nitrogens with one attached hydrogen (secondary N) is 1. The summed E-state index contributed by atoms with van der Waals surface area (Å²) < 4.78 is 0. The molecule has 1 aromatic heterocycles. The van der Waals surface area contributed by atoms with Gasteiger partial charge in [-0.25, -0.2) is 9.97 Å². The quantitative estimate of drug-likeness (QED) is 0.258. The number of aromatic nitrogens is 2. The molecule has 3 aromatic carbocycles. The highest BCUT2D eigenvalue weighted by Crippen LogP contribution is 2.26. The number of rotatable bonds is 10. The lowest BCUT2D eigenvalue weighted by atomic mass is 9.98. The number of carbonyl (C=O) groups excluding carboxylic acids is 1. The molecular formula is C32H33N3O. The highest BCUT2D eigenvalue weighted by Gasteiger charge is 2.13. The van der Waals surface area contributed by atoms with Crippen LogP contribution in [-0.4, -0.2) is 15.9 Å². The molecule has 1 amide bonds. The van der Waals surface area contributed by atoms with E-state index in [-0.39, 0.29) is 5.91 Å². The molecule has 0 atom stereocenters. The zero-order valence-electron chi connectivity index (χ0n) is 21.1. The van der Waals surface area contributed by atoms with Crippen molar-refractivity contribution in [2.75, 3.05) is 5.32 Å². The van der Waals surface area contributed by atoms with E-state index in [2.05, 4.69) is 54.5 Å². The van der Waals surface area contributed by atoms with Crippen molar-refractivity contribution >= 4 is 23.9 Å². The molecule has 1 N–H and O–H groups in total. The van der Waals surface area contributed by atoms with Crippen molar-refractivity contribution in [3.63, 3.8) is 0 Å². The maximum atomic E-state index is 12.8. The summed E-state index contributed by atoms with van der Waals surface area (Å²) in [5.41, 5.74) is 7.35. The van der Waals surface area contributed by atoms with Gasteiger partial charge in [-0.3, -0.25) is 4.79 Å². The van der Waals surface area contributed by atoms with Gasteiger partial charge >= 0.3 is 0 Å². The van der Waals surface area contributed by atoms with Crippen LogP contribution >= 0.6 is 0 Å². The summed E-state index contributed by atoms with van der Waals surface area (Å²) in [6.07, 6.45) is 9.81. The molecule has 0 fully saturated rings. The minimum Gasteiger partial charge on any atom is -0.309 e. The fraction of sp³-hybridized carbons (Fsp3) is 0.219. The van der Waals surface area contributed by atoms with Crippen LogP contribution in [0.15, 0.2) is 85.1 Å². The van der Waals surface area contributed by atoms with Gasteiger partial charge in [-0.15, -0.1) is 0 Å².